The molecule has 1 N–H and O–H groups in total. The van der Waals surface area contributed by atoms with Crippen molar-refractivity contribution < 1.29 is 9.53 Å². The number of amides is 1. The zero-order chi connectivity index (χ0) is 18.2. The molecule has 0 radical (unpaired) electrons. The molecule has 0 heterocycles. The van der Waals surface area contributed by atoms with Gasteiger partial charge in [0.25, 0.3) is 5.91 Å². The number of rotatable bonds is 8. The highest BCUT2D eigenvalue weighted by molar-refractivity contribution is 7.98. The Hall–Kier alpha value is -1.36. The van der Waals surface area contributed by atoms with Crippen LogP contribution in [0.2, 0.25) is 10.0 Å². The van der Waals surface area contributed by atoms with Crippen molar-refractivity contribution >= 4 is 40.9 Å². The third-order valence-corrected chi connectivity index (χ3v) is 5.00. The first kappa shape index (κ1) is 20.0. The van der Waals surface area contributed by atoms with Crippen molar-refractivity contribution in [1.82, 2.24) is 5.32 Å². The molecule has 0 aliphatic heterocycles. The van der Waals surface area contributed by atoms with Crippen LogP contribution in [0.5, 0.6) is 5.75 Å². The summed E-state index contributed by atoms with van der Waals surface area (Å²) in [6, 6.07) is 11.4. The maximum absolute atomic E-state index is 11.8. The number of carbonyl (C=O) groups is 1. The van der Waals surface area contributed by atoms with Crippen LogP contribution in [-0.4, -0.2) is 24.8 Å². The molecule has 3 nitrogen and oxygen atoms in total. The van der Waals surface area contributed by atoms with Gasteiger partial charge in [-0.25, -0.2) is 0 Å². The van der Waals surface area contributed by atoms with Gasteiger partial charge in [0, 0.05) is 28.1 Å². The average molecular weight is 398 g/mol. The fourth-order valence-electron chi connectivity index (χ4n) is 2.30. The second-order valence-corrected chi connectivity index (χ2v) is 7.70. The summed E-state index contributed by atoms with van der Waals surface area (Å²) < 4.78 is 5.53. The van der Waals surface area contributed by atoms with Gasteiger partial charge in [0.05, 0.1) is 0 Å². The van der Waals surface area contributed by atoms with Gasteiger partial charge in [-0.15, -0.1) is 0 Å². The van der Waals surface area contributed by atoms with Gasteiger partial charge in [0.2, 0.25) is 0 Å². The fraction of sp³-hybridized carbons (Fsp3) is 0.316. The van der Waals surface area contributed by atoms with E-state index in [0.717, 1.165) is 33.9 Å². The summed E-state index contributed by atoms with van der Waals surface area (Å²) in [6.45, 7) is 4.62. The van der Waals surface area contributed by atoms with Crippen molar-refractivity contribution in [3.63, 3.8) is 0 Å². The zero-order valence-electron chi connectivity index (χ0n) is 14.3. The second kappa shape index (κ2) is 9.95. The number of nitrogens with one attached hydrogen (secondary N) is 1. The highest BCUT2D eigenvalue weighted by Gasteiger charge is 2.04. The Morgan fingerprint density at radius 1 is 1.12 bits per heavy atom. The lowest BCUT2D eigenvalue weighted by atomic mass is 10.1. The molecule has 0 aliphatic carbocycles. The molecule has 0 atom stereocenters. The summed E-state index contributed by atoms with van der Waals surface area (Å²) in [5.41, 5.74) is 3.28. The maximum Gasteiger partial charge on any atom is 0.257 e. The summed E-state index contributed by atoms with van der Waals surface area (Å²) in [5, 5.41) is 4.16. The predicted molar refractivity (Wildman–Crippen MR) is 107 cm³/mol. The largest absolute Gasteiger partial charge is 0.484 e. The van der Waals surface area contributed by atoms with E-state index in [-0.39, 0.29) is 12.5 Å². The third kappa shape index (κ3) is 7.18. The summed E-state index contributed by atoms with van der Waals surface area (Å²) in [5.74, 6) is 2.18. The van der Waals surface area contributed by atoms with E-state index in [1.807, 2.05) is 38.1 Å². The van der Waals surface area contributed by atoms with Crippen molar-refractivity contribution in [2.45, 2.75) is 19.6 Å². The van der Waals surface area contributed by atoms with Crippen LogP contribution in [0.3, 0.4) is 0 Å². The minimum absolute atomic E-state index is 0.0244. The van der Waals surface area contributed by atoms with Crippen molar-refractivity contribution in [3.8, 4) is 5.75 Å². The van der Waals surface area contributed by atoms with E-state index >= 15 is 0 Å². The van der Waals surface area contributed by atoms with E-state index in [9.17, 15) is 4.79 Å². The molecule has 2 aromatic carbocycles. The Balaban J connectivity index is 1.63. The monoisotopic (exact) mass is 397 g/mol. The highest BCUT2D eigenvalue weighted by atomic mass is 35.5. The Labute approximate surface area is 163 Å². The lowest BCUT2D eigenvalue weighted by molar-refractivity contribution is -0.122. The molecular weight excluding hydrogens is 377 g/mol. The quantitative estimate of drug-likeness (QED) is 0.634. The topological polar surface area (TPSA) is 38.3 Å². The molecule has 25 heavy (non-hydrogen) atoms. The molecule has 0 unspecified atom stereocenters. The van der Waals surface area contributed by atoms with Gasteiger partial charge < -0.3 is 10.1 Å². The van der Waals surface area contributed by atoms with Crippen LogP contribution in [0.25, 0.3) is 0 Å². The third-order valence-electron chi connectivity index (χ3n) is 3.41. The summed E-state index contributed by atoms with van der Waals surface area (Å²) in [7, 11) is 0. The maximum atomic E-state index is 11.8. The SMILES string of the molecule is Cc1cc(C)cc(OCC(=O)NCCSCc2ccc(Cl)cc2Cl)c1. The number of halogens is 2. The Bertz CT molecular complexity index is 717. The molecule has 0 saturated heterocycles. The molecule has 0 spiro atoms. The number of hydrogen-bond acceptors (Lipinski definition) is 3. The molecule has 0 aromatic heterocycles. The number of aryl methyl sites for hydroxylation is 2. The lowest BCUT2D eigenvalue weighted by Gasteiger charge is -2.09. The first-order valence-corrected chi connectivity index (χ1v) is 9.84. The normalized spacial score (nSPS) is 10.6. The standard InChI is InChI=1S/C19H21Cl2NO2S/c1-13-7-14(2)9-17(8-13)24-11-19(23)22-5-6-25-12-15-3-4-16(20)10-18(15)21/h3-4,7-10H,5-6,11-12H2,1-2H3,(H,22,23). The van der Waals surface area contributed by atoms with Crippen molar-refractivity contribution in [2.75, 3.05) is 18.9 Å². The van der Waals surface area contributed by atoms with E-state index < -0.39 is 0 Å². The molecule has 0 fully saturated rings. The van der Waals surface area contributed by atoms with Crippen molar-refractivity contribution in [1.29, 1.82) is 0 Å². The fourth-order valence-corrected chi connectivity index (χ4v) is 3.72. The van der Waals surface area contributed by atoms with Crippen LogP contribution >= 0.6 is 35.0 Å². The molecular formula is C19H21Cl2NO2S. The molecule has 0 bridgehead atoms. The molecule has 6 heteroatoms. The predicted octanol–water partition coefficient (Wildman–Crippen LogP) is 5.04. The molecule has 1 amide bonds. The average Bonchev–Trinajstić information content (AvgIpc) is 2.53. The summed E-state index contributed by atoms with van der Waals surface area (Å²) in [6.07, 6.45) is 0. The minimum Gasteiger partial charge on any atom is -0.484 e. The zero-order valence-corrected chi connectivity index (χ0v) is 16.6. The number of benzene rings is 2. The van der Waals surface area contributed by atoms with Crippen LogP contribution in [0.1, 0.15) is 16.7 Å². The number of ether oxygens (including phenoxy) is 1. The first-order valence-electron chi connectivity index (χ1n) is 7.93. The second-order valence-electron chi connectivity index (χ2n) is 5.75. The Morgan fingerprint density at radius 3 is 2.52 bits per heavy atom. The highest BCUT2D eigenvalue weighted by Crippen LogP contribution is 2.24. The first-order chi connectivity index (χ1) is 11.9. The summed E-state index contributed by atoms with van der Waals surface area (Å²) >= 11 is 13.7. The number of carbonyl (C=O) groups excluding carboxylic acids is 1. The van der Waals surface area contributed by atoms with E-state index in [1.54, 1.807) is 17.8 Å². The molecule has 2 rings (SSSR count). The van der Waals surface area contributed by atoms with E-state index in [0.29, 0.717) is 16.6 Å². The van der Waals surface area contributed by atoms with Gasteiger partial charge in [0.15, 0.2) is 6.61 Å². The van der Waals surface area contributed by atoms with Crippen LogP contribution < -0.4 is 10.1 Å². The summed E-state index contributed by atoms with van der Waals surface area (Å²) in [4.78, 5) is 11.8. The van der Waals surface area contributed by atoms with Crippen LogP contribution in [-0.2, 0) is 10.5 Å². The molecule has 0 aliphatic rings. The van der Waals surface area contributed by atoms with Crippen LogP contribution in [0, 0.1) is 13.8 Å². The minimum atomic E-state index is -0.121. The van der Waals surface area contributed by atoms with E-state index in [2.05, 4.69) is 11.4 Å². The van der Waals surface area contributed by atoms with Crippen molar-refractivity contribution in [3.05, 3.63) is 63.1 Å². The van der Waals surface area contributed by atoms with Gasteiger partial charge in [0.1, 0.15) is 5.75 Å². The smallest absolute Gasteiger partial charge is 0.257 e. The van der Waals surface area contributed by atoms with Crippen LogP contribution in [0.4, 0.5) is 0 Å². The van der Waals surface area contributed by atoms with E-state index in [1.165, 1.54) is 0 Å². The molecule has 134 valence electrons. The van der Waals surface area contributed by atoms with Crippen molar-refractivity contribution in [2.24, 2.45) is 0 Å². The Morgan fingerprint density at radius 2 is 1.84 bits per heavy atom. The van der Waals surface area contributed by atoms with Gasteiger partial charge in [-0.05, 0) is 54.8 Å². The lowest BCUT2D eigenvalue weighted by Crippen LogP contribution is -2.30. The van der Waals surface area contributed by atoms with Gasteiger partial charge in [-0.1, -0.05) is 35.3 Å². The molecule has 0 saturated carbocycles. The van der Waals surface area contributed by atoms with Gasteiger partial charge >= 0.3 is 0 Å². The number of hydrogen-bond donors (Lipinski definition) is 1. The van der Waals surface area contributed by atoms with Gasteiger partial charge in [-0.2, -0.15) is 11.8 Å². The Kier molecular flexibility index (Phi) is 7.94. The number of thioether (sulfide) groups is 1. The molecule has 2 aromatic rings. The van der Waals surface area contributed by atoms with Gasteiger partial charge in [-0.3, -0.25) is 4.79 Å². The van der Waals surface area contributed by atoms with Crippen LogP contribution in [0.15, 0.2) is 36.4 Å². The van der Waals surface area contributed by atoms with E-state index in [4.69, 9.17) is 27.9 Å².